The van der Waals surface area contributed by atoms with E-state index >= 15 is 0 Å². The maximum atomic E-state index is 3.84. The molecule has 0 radical (unpaired) electrons. The minimum Gasteiger partial charge on any atom is -0.312 e. The summed E-state index contributed by atoms with van der Waals surface area (Å²) in [4.78, 5) is 0. The predicted molar refractivity (Wildman–Crippen MR) is 115 cm³/mol. The van der Waals surface area contributed by atoms with E-state index in [1.54, 1.807) is 0 Å². The van der Waals surface area contributed by atoms with Gasteiger partial charge in [0.25, 0.3) is 0 Å². The summed E-state index contributed by atoms with van der Waals surface area (Å²) in [6.45, 7) is 13.8. The monoisotopic (exact) mass is 348 g/mol. The lowest BCUT2D eigenvalue weighted by Crippen LogP contribution is -2.31. The second-order valence-corrected chi connectivity index (χ2v) is 6.81. The molecule has 2 aromatic rings. The van der Waals surface area contributed by atoms with Crippen LogP contribution in [-0.2, 0) is 13.1 Å². The summed E-state index contributed by atoms with van der Waals surface area (Å²) in [5, 5.41) is 7.23. The minimum atomic E-state index is 0.648. The molecule has 0 saturated heterocycles. The van der Waals surface area contributed by atoms with Crippen LogP contribution in [0.25, 0.3) is 12.2 Å². The van der Waals surface area contributed by atoms with Gasteiger partial charge in [-0.05, 0) is 47.7 Å². The first kappa shape index (κ1) is 20.2. The van der Waals surface area contributed by atoms with Crippen LogP contribution in [0.4, 0.5) is 0 Å². The number of hydrogen-bond donors (Lipinski definition) is 2. The predicted octanol–water partition coefficient (Wildman–Crippen LogP) is 5.27. The molecule has 0 spiro atoms. The summed E-state index contributed by atoms with van der Waals surface area (Å²) < 4.78 is 0. The zero-order valence-corrected chi connectivity index (χ0v) is 16.0. The molecule has 2 rings (SSSR count). The molecule has 2 heteroatoms. The summed E-state index contributed by atoms with van der Waals surface area (Å²) in [6.07, 6.45) is 6.23. The second kappa shape index (κ2) is 11.5. The third-order valence-corrected chi connectivity index (χ3v) is 4.62. The van der Waals surface area contributed by atoms with Gasteiger partial charge in [-0.25, -0.2) is 0 Å². The quantitative estimate of drug-likeness (QED) is 0.546. The molecule has 2 N–H and O–H groups in total. The Balaban J connectivity index is 1.74. The van der Waals surface area contributed by atoms with E-state index in [1.165, 1.54) is 35.1 Å². The lowest BCUT2D eigenvalue weighted by Gasteiger charge is -2.18. The van der Waals surface area contributed by atoms with Crippen molar-refractivity contribution in [2.45, 2.75) is 32.9 Å². The second-order valence-electron chi connectivity index (χ2n) is 6.81. The first-order chi connectivity index (χ1) is 12.7. The third-order valence-electron chi connectivity index (χ3n) is 4.62. The highest BCUT2D eigenvalue weighted by Crippen LogP contribution is 2.09. The van der Waals surface area contributed by atoms with Crippen molar-refractivity contribution in [1.29, 1.82) is 0 Å². The van der Waals surface area contributed by atoms with Crippen molar-refractivity contribution in [1.82, 2.24) is 10.6 Å². The number of nitrogens with one attached hydrogen (secondary N) is 2. The van der Waals surface area contributed by atoms with Gasteiger partial charge >= 0.3 is 0 Å². The van der Waals surface area contributed by atoms with Gasteiger partial charge in [0.1, 0.15) is 0 Å². The highest BCUT2D eigenvalue weighted by atomic mass is 14.9. The molecule has 1 unspecified atom stereocenters. The molecule has 1 atom stereocenters. The fourth-order valence-corrected chi connectivity index (χ4v) is 3.13. The molecule has 0 amide bonds. The van der Waals surface area contributed by atoms with Crippen LogP contribution in [0.5, 0.6) is 0 Å². The minimum absolute atomic E-state index is 0.648. The van der Waals surface area contributed by atoms with Crippen molar-refractivity contribution in [3.05, 3.63) is 83.9 Å². The highest BCUT2D eigenvalue weighted by molar-refractivity contribution is 5.48. The molecule has 0 aliphatic carbocycles. The van der Waals surface area contributed by atoms with E-state index in [2.05, 4.69) is 79.2 Å². The molecule has 0 saturated carbocycles. The molecule has 26 heavy (non-hydrogen) atoms. The van der Waals surface area contributed by atoms with E-state index < -0.39 is 0 Å². The van der Waals surface area contributed by atoms with Gasteiger partial charge in [-0.1, -0.05) is 87.2 Å². The van der Waals surface area contributed by atoms with Crippen molar-refractivity contribution < 1.29 is 0 Å². The molecule has 0 aliphatic rings. The van der Waals surface area contributed by atoms with E-state index in [0.717, 1.165) is 26.2 Å². The maximum Gasteiger partial charge on any atom is 0.0205 e. The van der Waals surface area contributed by atoms with Gasteiger partial charge < -0.3 is 10.6 Å². The van der Waals surface area contributed by atoms with Crippen molar-refractivity contribution in [3.8, 4) is 0 Å². The van der Waals surface area contributed by atoms with Crippen molar-refractivity contribution in [2.24, 2.45) is 5.92 Å². The fraction of sp³-hybridized carbons (Fsp3) is 0.333. The standard InChI is InChI=1S/C24H32N2/c1-4-8-24(18-25-16-22-13-11-20(5-2)12-14-22)19-26-17-23-10-7-9-21(6-3)15-23/h5-7,9-15,24-26H,2-4,8,16-19H2,1H3. The third kappa shape index (κ3) is 6.99. The Morgan fingerprint density at radius 2 is 1.50 bits per heavy atom. The maximum absolute atomic E-state index is 3.84. The van der Waals surface area contributed by atoms with Gasteiger partial charge in [0.2, 0.25) is 0 Å². The van der Waals surface area contributed by atoms with Gasteiger partial charge in [-0.15, -0.1) is 0 Å². The average molecular weight is 349 g/mol. The van der Waals surface area contributed by atoms with Crippen LogP contribution >= 0.6 is 0 Å². The number of rotatable bonds is 12. The zero-order valence-electron chi connectivity index (χ0n) is 16.0. The van der Waals surface area contributed by atoms with E-state index in [9.17, 15) is 0 Å². The van der Waals surface area contributed by atoms with Crippen molar-refractivity contribution in [3.63, 3.8) is 0 Å². The molecular weight excluding hydrogens is 316 g/mol. The lowest BCUT2D eigenvalue weighted by molar-refractivity contribution is 0.412. The zero-order chi connectivity index (χ0) is 18.6. The van der Waals surface area contributed by atoms with Crippen LogP contribution < -0.4 is 10.6 Å². The topological polar surface area (TPSA) is 24.1 Å². The van der Waals surface area contributed by atoms with E-state index in [1.807, 2.05) is 12.2 Å². The van der Waals surface area contributed by atoms with Crippen LogP contribution in [0.2, 0.25) is 0 Å². The Bertz CT molecular complexity index is 673. The van der Waals surface area contributed by atoms with Gasteiger partial charge in [-0.3, -0.25) is 0 Å². The van der Waals surface area contributed by atoms with E-state index in [4.69, 9.17) is 0 Å². The smallest absolute Gasteiger partial charge is 0.0205 e. The molecule has 2 aromatic carbocycles. The molecule has 0 fully saturated rings. The van der Waals surface area contributed by atoms with Gasteiger partial charge in [-0.2, -0.15) is 0 Å². The lowest BCUT2D eigenvalue weighted by atomic mass is 10.0. The van der Waals surface area contributed by atoms with Crippen molar-refractivity contribution >= 4 is 12.2 Å². The summed E-state index contributed by atoms with van der Waals surface area (Å²) in [5.41, 5.74) is 4.98. The summed E-state index contributed by atoms with van der Waals surface area (Å²) in [5.74, 6) is 0.648. The molecule has 0 aromatic heterocycles. The van der Waals surface area contributed by atoms with Crippen LogP contribution in [0.3, 0.4) is 0 Å². The van der Waals surface area contributed by atoms with Crippen LogP contribution in [-0.4, -0.2) is 13.1 Å². The van der Waals surface area contributed by atoms with Crippen LogP contribution in [0.15, 0.2) is 61.7 Å². The van der Waals surface area contributed by atoms with Gasteiger partial charge in [0, 0.05) is 13.1 Å². The van der Waals surface area contributed by atoms with Gasteiger partial charge in [0.15, 0.2) is 0 Å². The Kier molecular flexibility index (Phi) is 8.88. The SMILES string of the molecule is C=Cc1ccc(CNCC(CCC)CNCc2cccc(C=C)c2)cc1. The van der Waals surface area contributed by atoms with E-state index in [-0.39, 0.29) is 0 Å². The normalized spacial score (nSPS) is 11.9. The Morgan fingerprint density at radius 1 is 0.846 bits per heavy atom. The van der Waals surface area contributed by atoms with Crippen LogP contribution in [0.1, 0.15) is 42.0 Å². The first-order valence-electron chi connectivity index (χ1n) is 9.59. The number of hydrogen-bond acceptors (Lipinski definition) is 2. The fourth-order valence-electron chi connectivity index (χ4n) is 3.13. The number of benzene rings is 2. The molecular formula is C24H32N2. The van der Waals surface area contributed by atoms with E-state index in [0.29, 0.717) is 5.92 Å². The van der Waals surface area contributed by atoms with Crippen molar-refractivity contribution in [2.75, 3.05) is 13.1 Å². The van der Waals surface area contributed by atoms with Crippen LogP contribution in [0, 0.1) is 5.92 Å². The molecule has 138 valence electrons. The summed E-state index contributed by atoms with van der Waals surface area (Å²) in [7, 11) is 0. The summed E-state index contributed by atoms with van der Waals surface area (Å²) >= 11 is 0. The largest absolute Gasteiger partial charge is 0.312 e. The van der Waals surface area contributed by atoms with Gasteiger partial charge in [0.05, 0.1) is 0 Å². The Labute approximate surface area is 159 Å². The molecule has 0 bridgehead atoms. The molecule has 2 nitrogen and oxygen atoms in total. The average Bonchev–Trinajstić information content (AvgIpc) is 2.68. The Hall–Kier alpha value is -2.16. The first-order valence-corrected chi connectivity index (χ1v) is 9.59. The summed E-state index contributed by atoms with van der Waals surface area (Å²) in [6, 6.07) is 17.1. The molecule has 0 aliphatic heterocycles. The Morgan fingerprint density at radius 3 is 2.12 bits per heavy atom. The molecule has 0 heterocycles. The highest BCUT2D eigenvalue weighted by Gasteiger charge is 2.07.